The Bertz CT molecular complexity index is 1020. The van der Waals surface area contributed by atoms with Crippen LogP contribution < -0.4 is 5.32 Å². The second-order valence-electron chi connectivity index (χ2n) is 5.79. The number of carbonyl (C=O) groups excluding carboxylic acids is 4. The second-order valence-corrected chi connectivity index (χ2v) is 7.61. The Balaban J connectivity index is 2.18. The van der Waals surface area contributed by atoms with E-state index in [-0.39, 0.29) is 44.5 Å². The van der Waals surface area contributed by atoms with Crippen LogP contribution in [0, 0.1) is 6.92 Å². The Hall–Kier alpha value is -2.69. The predicted molar refractivity (Wildman–Crippen MR) is 114 cm³/mol. The van der Waals surface area contributed by atoms with E-state index in [4.69, 9.17) is 37.4 Å². The summed E-state index contributed by atoms with van der Waals surface area (Å²) in [5.41, 5.74) is 0.0870. The molecule has 0 radical (unpaired) electrons. The number of halogens is 2. The Morgan fingerprint density at radius 3 is 2.29 bits per heavy atom. The Kier molecular flexibility index (Phi) is 8.78. The minimum atomic E-state index is -0.956. The summed E-state index contributed by atoms with van der Waals surface area (Å²) in [7, 11) is 0. The van der Waals surface area contributed by atoms with Crippen LogP contribution in [0.25, 0.3) is 0 Å². The molecule has 0 saturated heterocycles. The van der Waals surface area contributed by atoms with Crippen molar-refractivity contribution >= 4 is 63.4 Å². The molecule has 0 unspecified atom stereocenters. The maximum atomic E-state index is 12.3. The number of rotatable bonds is 8. The molecular formula is C19H18Cl2N2O7S. The minimum absolute atomic E-state index is 0.00682. The van der Waals surface area contributed by atoms with Crippen molar-refractivity contribution < 1.29 is 33.4 Å². The largest absolute Gasteiger partial charge is 0.462 e. The Morgan fingerprint density at radius 2 is 1.65 bits per heavy atom. The van der Waals surface area contributed by atoms with Crippen LogP contribution >= 0.6 is 34.5 Å². The minimum Gasteiger partial charge on any atom is -0.462 e. The summed E-state index contributed by atoms with van der Waals surface area (Å²) in [5.74, 6) is -3.06. The Morgan fingerprint density at radius 1 is 1.00 bits per heavy atom. The molecule has 2 heterocycles. The van der Waals surface area contributed by atoms with E-state index in [0.717, 1.165) is 11.3 Å². The van der Waals surface area contributed by atoms with Crippen molar-refractivity contribution in [3.63, 3.8) is 0 Å². The number of hydrogen-bond donors (Lipinski definition) is 1. The first-order valence-corrected chi connectivity index (χ1v) is 10.5. The lowest BCUT2D eigenvalue weighted by Gasteiger charge is -2.08. The van der Waals surface area contributed by atoms with E-state index >= 15 is 0 Å². The van der Waals surface area contributed by atoms with Gasteiger partial charge in [0.1, 0.15) is 15.0 Å². The van der Waals surface area contributed by atoms with Gasteiger partial charge in [0.05, 0.1) is 23.8 Å². The molecule has 2 aromatic rings. The number of anilines is 1. The van der Waals surface area contributed by atoms with Gasteiger partial charge < -0.3 is 19.5 Å². The average molecular weight is 489 g/mol. The standard InChI is InChI=1S/C19H18Cl2N2O7S/c1-4-28-17(25)13-9(3)15(19(27)29-5-2)31-16(13)23-12(24)8-30-18(26)14-10(20)6-7-11(21)22-14/h6-7H,4-5,8H2,1-3H3,(H,23,24). The van der Waals surface area contributed by atoms with Gasteiger partial charge in [0.15, 0.2) is 12.3 Å². The van der Waals surface area contributed by atoms with Crippen molar-refractivity contribution in [1.82, 2.24) is 4.98 Å². The highest BCUT2D eigenvalue weighted by molar-refractivity contribution is 7.18. The highest BCUT2D eigenvalue weighted by Crippen LogP contribution is 2.34. The second kappa shape index (κ2) is 11.1. The van der Waals surface area contributed by atoms with Crippen LogP contribution in [0.5, 0.6) is 0 Å². The highest BCUT2D eigenvalue weighted by Gasteiger charge is 2.27. The van der Waals surface area contributed by atoms with E-state index in [1.165, 1.54) is 19.1 Å². The van der Waals surface area contributed by atoms with E-state index in [9.17, 15) is 19.2 Å². The number of hydrogen-bond acceptors (Lipinski definition) is 9. The predicted octanol–water partition coefficient (Wildman–Crippen LogP) is 3.91. The van der Waals surface area contributed by atoms with Crippen molar-refractivity contribution in [1.29, 1.82) is 0 Å². The third-order valence-electron chi connectivity index (χ3n) is 3.68. The van der Waals surface area contributed by atoms with E-state index in [2.05, 4.69) is 10.3 Å². The smallest absolute Gasteiger partial charge is 0.359 e. The summed E-state index contributed by atoms with van der Waals surface area (Å²) in [6, 6.07) is 2.76. The van der Waals surface area contributed by atoms with Crippen LogP contribution in [0.1, 0.15) is 49.9 Å². The van der Waals surface area contributed by atoms with E-state index in [0.29, 0.717) is 5.56 Å². The van der Waals surface area contributed by atoms with E-state index < -0.39 is 30.4 Å². The summed E-state index contributed by atoms with van der Waals surface area (Å²) in [6.45, 7) is 4.35. The van der Waals surface area contributed by atoms with Gasteiger partial charge in [0, 0.05) is 0 Å². The molecule has 0 fully saturated rings. The van der Waals surface area contributed by atoms with Gasteiger partial charge in [-0.15, -0.1) is 11.3 Å². The molecule has 2 rings (SSSR count). The number of nitrogens with one attached hydrogen (secondary N) is 1. The summed E-state index contributed by atoms with van der Waals surface area (Å²) < 4.78 is 14.9. The summed E-state index contributed by atoms with van der Waals surface area (Å²) in [4.78, 5) is 52.8. The van der Waals surface area contributed by atoms with Crippen LogP contribution in [0.15, 0.2) is 12.1 Å². The van der Waals surface area contributed by atoms with Gasteiger partial charge in [-0.3, -0.25) is 4.79 Å². The van der Waals surface area contributed by atoms with Crippen molar-refractivity contribution in [2.45, 2.75) is 20.8 Å². The van der Waals surface area contributed by atoms with Gasteiger partial charge in [-0.2, -0.15) is 0 Å². The fourth-order valence-electron chi connectivity index (χ4n) is 2.37. The first-order chi connectivity index (χ1) is 14.7. The quantitative estimate of drug-likeness (QED) is 0.337. The summed E-state index contributed by atoms with van der Waals surface area (Å²) >= 11 is 12.5. The van der Waals surface area contributed by atoms with Crippen LogP contribution in [0.2, 0.25) is 10.2 Å². The highest BCUT2D eigenvalue weighted by atomic mass is 35.5. The molecule has 0 aliphatic rings. The van der Waals surface area contributed by atoms with Crippen LogP contribution in [-0.2, 0) is 19.0 Å². The lowest BCUT2D eigenvalue weighted by atomic mass is 10.1. The molecule has 0 saturated carbocycles. The third kappa shape index (κ3) is 6.16. The van der Waals surface area contributed by atoms with Gasteiger partial charge in [-0.25, -0.2) is 19.4 Å². The molecule has 1 N–H and O–H groups in total. The van der Waals surface area contributed by atoms with Gasteiger partial charge in [-0.05, 0) is 38.5 Å². The molecular weight excluding hydrogens is 471 g/mol. The molecule has 12 heteroatoms. The van der Waals surface area contributed by atoms with Crippen molar-refractivity contribution in [2.75, 3.05) is 25.1 Å². The molecule has 0 spiro atoms. The number of nitrogens with zero attached hydrogens (tertiary/aromatic N) is 1. The average Bonchev–Trinajstić information content (AvgIpc) is 3.04. The lowest BCUT2D eigenvalue weighted by Crippen LogP contribution is -2.22. The van der Waals surface area contributed by atoms with Crippen LogP contribution in [-0.4, -0.2) is 48.6 Å². The molecule has 0 atom stereocenters. The molecule has 1 amide bonds. The first kappa shape index (κ1) is 24.6. The normalized spacial score (nSPS) is 10.4. The molecule has 166 valence electrons. The molecule has 0 aliphatic carbocycles. The first-order valence-electron chi connectivity index (χ1n) is 8.96. The molecule has 0 aliphatic heterocycles. The number of aromatic nitrogens is 1. The lowest BCUT2D eigenvalue weighted by molar-refractivity contribution is -0.119. The van der Waals surface area contributed by atoms with Crippen molar-refractivity contribution in [2.24, 2.45) is 0 Å². The maximum absolute atomic E-state index is 12.3. The Labute approximate surface area is 191 Å². The number of esters is 3. The molecule has 31 heavy (non-hydrogen) atoms. The molecule has 0 bridgehead atoms. The molecule has 2 aromatic heterocycles. The molecule has 0 aromatic carbocycles. The fourth-order valence-corrected chi connectivity index (χ4v) is 3.80. The van der Waals surface area contributed by atoms with Crippen molar-refractivity contribution in [3.8, 4) is 0 Å². The van der Waals surface area contributed by atoms with E-state index in [1.54, 1.807) is 13.8 Å². The summed E-state index contributed by atoms with van der Waals surface area (Å²) in [6.07, 6.45) is 0. The number of ether oxygens (including phenoxy) is 3. The van der Waals surface area contributed by atoms with E-state index in [1.807, 2.05) is 0 Å². The zero-order chi connectivity index (χ0) is 23.1. The molecule has 9 nitrogen and oxygen atoms in total. The fraction of sp³-hybridized carbons (Fsp3) is 0.316. The maximum Gasteiger partial charge on any atom is 0.359 e. The van der Waals surface area contributed by atoms with Crippen molar-refractivity contribution in [3.05, 3.63) is 44.0 Å². The van der Waals surface area contributed by atoms with Gasteiger partial charge in [-0.1, -0.05) is 23.2 Å². The van der Waals surface area contributed by atoms with Crippen LogP contribution in [0.4, 0.5) is 5.00 Å². The topological polar surface area (TPSA) is 121 Å². The third-order valence-corrected chi connectivity index (χ3v) is 5.38. The number of carbonyl (C=O) groups is 4. The monoisotopic (exact) mass is 488 g/mol. The van der Waals surface area contributed by atoms with Gasteiger partial charge in [0.25, 0.3) is 5.91 Å². The zero-order valence-corrected chi connectivity index (χ0v) is 19.1. The zero-order valence-electron chi connectivity index (χ0n) is 16.7. The number of amides is 1. The van der Waals surface area contributed by atoms with Crippen LogP contribution in [0.3, 0.4) is 0 Å². The van der Waals surface area contributed by atoms with Gasteiger partial charge in [0.2, 0.25) is 0 Å². The van der Waals surface area contributed by atoms with Gasteiger partial charge >= 0.3 is 17.9 Å². The number of thiophene rings is 1. The SMILES string of the molecule is CCOC(=O)c1sc(NC(=O)COC(=O)c2nc(Cl)ccc2Cl)c(C(=O)OCC)c1C. The summed E-state index contributed by atoms with van der Waals surface area (Å²) in [5, 5.41) is 2.56. The number of pyridine rings is 1.